The van der Waals surface area contributed by atoms with Gasteiger partial charge in [-0.1, -0.05) is 19.6 Å². The van der Waals surface area contributed by atoms with Crippen LogP contribution in [-0.2, 0) is 9.16 Å². The first kappa shape index (κ1) is 11.8. The first-order chi connectivity index (χ1) is 6.20. The normalized spacial score (nSPS) is 18.4. The minimum Gasteiger partial charge on any atom is -0.520 e. The minimum absolute atomic E-state index is 0.819. The van der Waals surface area contributed by atoms with E-state index in [-0.39, 0.29) is 0 Å². The van der Waals surface area contributed by atoms with E-state index in [1.807, 2.05) is 0 Å². The Morgan fingerprint density at radius 1 is 1.07 bits per heavy atom. The van der Waals surface area contributed by atoms with Gasteiger partial charge >= 0.3 is 0 Å². The summed E-state index contributed by atoms with van der Waals surface area (Å²) in [4.78, 5) is 0. The van der Waals surface area contributed by atoms with Gasteiger partial charge in [0.15, 0.2) is 0 Å². The predicted molar refractivity (Wildman–Crippen MR) is 65.4 cm³/mol. The predicted octanol–water partition coefficient (Wildman–Crippen LogP) is 3.35. The zero-order valence-corrected chi connectivity index (χ0v) is 12.2. The Morgan fingerprint density at radius 2 is 1.64 bits per heavy atom. The molecule has 0 bridgehead atoms. The molecule has 0 saturated carbocycles. The lowest BCUT2D eigenvalue weighted by Crippen LogP contribution is -2.29. The van der Waals surface area contributed by atoms with Crippen LogP contribution >= 0.6 is 0 Å². The van der Waals surface area contributed by atoms with Gasteiger partial charge in [0, 0.05) is 6.42 Å². The van der Waals surface area contributed by atoms with Gasteiger partial charge in [-0.15, -0.1) is 0 Å². The van der Waals surface area contributed by atoms with Crippen molar-refractivity contribution in [3.8, 4) is 0 Å². The smallest absolute Gasteiger partial charge is 0.260 e. The molecule has 0 amide bonds. The Bertz CT molecular complexity index is 246. The second-order valence-electron chi connectivity index (χ2n) is 5.83. The molecule has 14 heavy (non-hydrogen) atoms. The third-order valence-corrected chi connectivity index (χ3v) is 5.20. The topological polar surface area (TPSA) is 18.5 Å². The van der Waals surface area contributed by atoms with Crippen LogP contribution in [0.25, 0.3) is 0 Å². The molecule has 0 saturated heterocycles. The average molecular weight is 230 g/mol. The number of hydrogen-bond donors (Lipinski definition) is 0. The highest BCUT2D eigenvalue weighted by molar-refractivity contribution is 6.83. The first-order valence-corrected chi connectivity index (χ1v) is 12.2. The zero-order chi connectivity index (χ0) is 11.0. The van der Waals surface area contributed by atoms with Gasteiger partial charge in [-0.25, -0.2) is 0 Å². The van der Waals surface area contributed by atoms with Gasteiger partial charge in [-0.2, -0.15) is 0 Å². The van der Waals surface area contributed by atoms with Crippen molar-refractivity contribution < 1.29 is 9.16 Å². The maximum Gasteiger partial charge on any atom is 0.260 e. The summed E-state index contributed by atoms with van der Waals surface area (Å²) in [7, 11) is -2.74. The van der Waals surface area contributed by atoms with Gasteiger partial charge in [-0.05, 0) is 24.8 Å². The van der Waals surface area contributed by atoms with Crippen molar-refractivity contribution in [1.29, 1.82) is 0 Å². The molecule has 1 aliphatic heterocycles. The Labute approximate surface area is 89.4 Å². The van der Waals surface area contributed by atoms with E-state index in [9.17, 15) is 0 Å². The molecular formula is C10H22O2Si2. The number of rotatable bonds is 3. The molecule has 1 rings (SSSR count). The zero-order valence-electron chi connectivity index (χ0n) is 10.2. The lowest BCUT2D eigenvalue weighted by Gasteiger charge is -2.23. The Hall–Kier alpha value is -0.226. The number of hydrogen-bond acceptors (Lipinski definition) is 2. The fraction of sp³-hybridized carbons (Fsp3) is 0.800. The van der Waals surface area contributed by atoms with Crippen molar-refractivity contribution in [3.63, 3.8) is 0 Å². The molecule has 0 aliphatic carbocycles. The highest BCUT2D eigenvalue weighted by Gasteiger charge is 2.32. The van der Waals surface area contributed by atoms with Crippen LogP contribution in [0.3, 0.4) is 0 Å². The van der Waals surface area contributed by atoms with Crippen LogP contribution < -0.4 is 0 Å². The Morgan fingerprint density at radius 3 is 2.07 bits per heavy atom. The third-order valence-electron chi connectivity index (χ3n) is 2.14. The summed E-state index contributed by atoms with van der Waals surface area (Å²) in [5.41, 5.74) is 0. The highest BCUT2D eigenvalue weighted by atomic mass is 28.4. The second-order valence-corrected chi connectivity index (χ2v) is 15.4. The van der Waals surface area contributed by atoms with Crippen LogP contribution in [0.4, 0.5) is 0 Å². The maximum atomic E-state index is 5.97. The molecule has 4 heteroatoms. The molecule has 0 N–H and O–H groups in total. The van der Waals surface area contributed by atoms with Crippen molar-refractivity contribution in [2.75, 3.05) is 6.61 Å². The average Bonchev–Trinajstić information content (AvgIpc) is 2.29. The standard InChI is InChI=1S/C10H22O2Si2/c1-13(2,3)9-7-8-11-10(9)12-14(4,5)6/h7-8H2,1-6H3. The second kappa shape index (κ2) is 3.73. The summed E-state index contributed by atoms with van der Waals surface area (Å²) in [6.45, 7) is 14.5. The summed E-state index contributed by atoms with van der Waals surface area (Å²) < 4.78 is 11.6. The Balaban J connectivity index is 2.84. The molecule has 2 nitrogen and oxygen atoms in total. The summed E-state index contributed by atoms with van der Waals surface area (Å²) in [5.74, 6) is 0.878. The van der Waals surface area contributed by atoms with Crippen molar-refractivity contribution >= 4 is 16.4 Å². The molecule has 1 aliphatic rings. The monoisotopic (exact) mass is 230 g/mol. The van der Waals surface area contributed by atoms with Crippen LogP contribution in [-0.4, -0.2) is 23.0 Å². The fourth-order valence-electron chi connectivity index (χ4n) is 1.49. The molecule has 0 radical (unpaired) electrons. The van der Waals surface area contributed by atoms with Gasteiger partial charge in [-0.3, -0.25) is 0 Å². The summed E-state index contributed by atoms with van der Waals surface area (Å²) in [6, 6.07) is 0. The molecule has 0 unspecified atom stereocenters. The van der Waals surface area contributed by atoms with Crippen LogP contribution in [0.15, 0.2) is 11.1 Å². The molecule has 0 aromatic carbocycles. The van der Waals surface area contributed by atoms with Gasteiger partial charge < -0.3 is 9.16 Å². The maximum absolute atomic E-state index is 5.97. The van der Waals surface area contributed by atoms with Gasteiger partial charge in [0.2, 0.25) is 8.32 Å². The minimum atomic E-state index is -1.50. The summed E-state index contributed by atoms with van der Waals surface area (Å²) in [5, 5.41) is 1.47. The first-order valence-electron chi connectivity index (χ1n) is 5.25. The fourth-order valence-corrected chi connectivity index (χ4v) is 3.91. The quantitative estimate of drug-likeness (QED) is 0.692. The molecule has 0 aromatic rings. The molecule has 0 fully saturated rings. The van der Waals surface area contributed by atoms with Crippen molar-refractivity contribution in [3.05, 3.63) is 11.1 Å². The van der Waals surface area contributed by atoms with E-state index in [1.165, 1.54) is 5.20 Å². The van der Waals surface area contributed by atoms with Crippen molar-refractivity contribution in [2.45, 2.75) is 45.7 Å². The van der Waals surface area contributed by atoms with Gasteiger partial charge in [0.25, 0.3) is 5.95 Å². The van der Waals surface area contributed by atoms with Gasteiger partial charge in [0.05, 0.1) is 14.7 Å². The SMILES string of the molecule is C[Si](C)(C)OC1=C([Si](C)(C)C)CCO1. The van der Waals surface area contributed by atoms with Gasteiger partial charge in [0.1, 0.15) is 0 Å². The van der Waals surface area contributed by atoms with Crippen LogP contribution in [0.1, 0.15) is 6.42 Å². The van der Waals surface area contributed by atoms with E-state index in [0.717, 1.165) is 19.0 Å². The van der Waals surface area contributed by atoms with Crippen LogP contribution in [0, 0.1) is 0 Å². The number of ether oxygens (including phenoxy) is 1. The molecule has 82 valence electrons. The van der Waals surface area contributed by atoms with E-state index in [0.29, 0.717) is 0 Å². The summed E-state index contributed by atoms with van der Waals surface area (Å²) >= 11 is 0. The molecule has 0 spiro atoms. The largest absolute Gasteiger partial charge is 0.520 e. The highest BCUT2D eigenvalue weighted by Crippen LogP contribution is 2.30. The lowest BCUT2D eigenvalue weighted by molar-refractivity contribution is 0.128. The molecular weight excluding hydrogens is 208 g/mol. The van der Waals surface area contributed by atoms with E-state index in [2.05, 4.69) is 39.3 Å². The van der Waals surface area contributed by atoms with E-state index in [1.54, 1.807) is 0 Å². The van der Waals surface area contributed by atoms with E-state index >= 15 is 0 Å². The lowest BCUT2D eigenvalue weighted by atomic mass is 10.5. The van der Waals surface area contributed by atoms with E-state index < -0.39 is 16.4 Å². The third kappa shape index (κ3) is 3.17. The Kier molecular flexibility index (Phi) is 3.16. The van der Waals surface area contributed by atoms with Crippen LogP contribution in [0.2, 0.25) is 39.3 Å². The molecule has 1 heterocycles. The summed E-state index contributed by atoms with van der Waals surface area (Å²) in [6.07, 6.45) is 1.08. The molecule has 0 aromatic heterocycles. The van der Waals surface area contributed by atoms with Crippen LogP contribution in [0.5, 0.6) is 0 Å². The molecule has 0 atom stereocenters. The van der Waals surface area contributed by atoms with Crippen molar-refractivity contribution in [1.82, 2.24) is 0 Å². The van der Waals surface area contributed by atoms with Crippen molar-refractivity contribution in [2.24, 2.45) is 0 Å². The van der Waals surface area contributed by atoms with E-state index in [4.69, 9.17) is 9.16 Å².